The minimum Gasteiger partial charge on any atom is -0.496 e. The van der Waals surface area contributed by atoms with Crippen LogP contribution < -0.4 is 5.32 Å². The topological polar surface area (TPSA) is 34.1 Å². The molecule has 1 N–H and O–H groups in total. The molecule has 0 radical (unpaired) electrons. The summed E-state index contributed by atoms with van der Waals surface area (Å²) in [5.74, 6) is 0.752. The minimum atomic E-state index is -4.36. The van der Waals surface area contributed by atoms with Crippen molar-refractivity contribution in [1.29, 1.82) is 0 Å². The van der Waals surface area contributed by atoms with Gasteiger partial charge in [-0.25, -0.2) is 0 Å². The van der Waals surface area contributed by atoms with Gasteiger partial charge in [0, 0.05) is 6.20 Å². The zero-order valence-corrected chi connectivity index (χ0v) is 11.9. The highest BCUT2D eigenvalue weighted by Crippen LogP contribution is 2.30. The summed E-state index contributed by atoms with van der Waals surface area (Å²) in [6, 6.07) is 2.19. The third-order valence-electron chi connectivity index (χ3n) is 3.26. The van der Waals surface area contributed by atoms with E-state index in [4.69, 9.17) is 4.74 Å². The predicted octanol–water partition coefficient (Wildman–Crippen LogP) is 3.84. The van der Waals surface area contributed by atoms with E-state index in [1.807, 2.05) is 13.0 Å². The summed E-state index contributed by atoms with van der Waals surface area (Å²) >= 11 is 0. The van der Waals surface area contributed by atoms with Gasteiger partial charge in [-0.3, -0.25) is 4.98 Å². The fourth-order valence-electron chi connectivity index (χ4n) is 2.16. The molecule has 0 fully saturated rings. The van der Waals surface area contributed by atoms with Crippen LogP contribution in [-0.4, -0.2) is 18.1 Å². The number of hydrogen-bond donors (Lipinski definition) is 1. The van der Waals surface area contributed by atoms with Gasteiger partial charge in [0.25, 0.3) is 0 Å². The Morgan fingerprint density at radius 3 is 2.71 bits per heavy atom. The minimum absolute atomic E-state index is 0.285. The van der Waals surface area contributed by atoms with Gasteiger partial charge in [0.05, 0.1) is 17.9 Å². The van der Waals surface area contributed by atoms with E-state index in [2.05, 4.69) is 10.3 Å². The first kappa shape index (κ1) is 15.8. The predicted molar refractivity (Wildman–Crippen MR) is 73.5 cm³/mol. The molecule has 1 aliphatic heterocycles. The first-order valence-electron chi connectivity index (χ1n) is 7.11. The van der Waals surface area contributed by atoms with Crippen molar-refractivity contribution in [3.63, 3.8) is 0 Å². The lowest BCUT2D eigenvalue weighted by atomic mass is 10.1. The number of nitrogens with zero attached hydrogens (tertiary/aromatic N) is 1. The van der Waals surface area contributed by atoms with Crippen molar-refractivity contribution >= 4 is 0 Å². The van der Waals surface area contributed by atoms with Crippen LogP contribution in [0.3, 0.4) is 0 Å². The van der Waals surface area contributed by atoms with Gasteiger partial charge < -0.3 is 10.1 Å². The maximum atomic E-state index is 12.6. The number of nitrogens with one attached hydrogen (secondary N) is 1. The molecule has 21 heavy (non-hydrogen) atoms. The monoisotopic (exact) mass is 300 g/mol. The highest BCUT2D eigenvalue weighted by Gasteiger charge is 2.31. The molecule has 0 bridgehead atoms. The lowest BCUT2D eigenvalue weighted by molar-refractivity contribution is -0.137. The Kier molecular flexibility index (Phi) is 5.22. The van der Waals surface area contributed by atoms with Gasteiger partial charge in [0.1, 0.15) is 11.8 Å². The van der Waals surface area contributed by atoms with Crippen molar-refractivity contribution in [2.45, 2.75) is 38.4 Å². The fraction of sp³-hybridized carbons (Fsp3) is 0.533. The highest BCUT2D eigenvalue weighted by atomic mass is 19.4. The Balaban J connectivity index is 2.21. The summed E-state index contributed by atoms with van der Waals surface area (Å²) < 4.78 is 43.4. The molecule has 1 aromatic heterocycles. The average molecular weight is 300 g/mol. The second kappa shape index (κ2) is 6.93. The molecule has 0 saturated heterocycles. The second-order valence-corrected chi connectivity index (χ2v) is 4.95. The largest absolute Gasteiger partial charge is 0.496 e. The number of ether oxygens (including phenoxy) is 1. The lowest BCUT2D eigenvalue weighted by Crippen LogP contribution is -2.27. The molecule has 1 atom stereocenters. The van der Waals surface area contributed by atoms with Crippen LogP contribution in [0, 0.1) is 0 Å². The maximum absolute atomic E-state index is 12.6. The first-order chi connectivity index (χ1) is 10.0. The molecular weight excluding hydrogens is 281 g/mol. The molecule has 0 aromatic carbocycles. The number of rotatable bonds is 5. The Morgan fingerprint density at radius 2 is 2.19 bits per heavy atom. The third kappa shape index (κ3) is 4.20. The van der Waals surface area contributed by atoms with Crippen LogP contribution in [0.1, 0.15) is 43.5 Å². The SMILES string of the molecule is CCCNC(C1=CCCCO1)c1ccc(C(F)(F)F)cn1. The summed E-state index contributed by atoms with van der Waals surface area (Å²) in [4.78, 5) is 3.97. The molecule has 1 aromatic rings. The second-order valence-electron chi connectivity index (χ2n) is 4.95. The fourth-order valence-corrected chi connectivity index (χ4v) is 2.16. The zero-order chi connectivity index (χ0) is 15.3. The van der Waals surface area contributed by atoms with Gasteiger partial charge in [-0.2, -0.15) is 13.2 Å². The molecule has 0 spiro atoms. The van der Waals surface area contributed by atoms with Crippen LogP contribution in [0.2, 0.25) is 0 Å². The van der Waals surface area contributed by atoms with Crippen molar-refractivity contribution in [2.75, 3.05) is 13.2 Å². The van der Waals surface area contributed by atoms with E-state index < -0.39 is 11.7 Å². The standard InChI is InChI=1S/C15H19F3N2O/c1-2-8-19-14(13-5-3-4-9-21-13)12-7-6-11(10-20-12)15(16,17)18/h5-7,10,14,19H,2-4,8-9H2,1H3. The lowest BCUT2D eigenvalue weighted by Gasteiger charge is -2.24. The number of halogens is 3. The summed E-state index contributed by atoms with van der Waals surface area (Å²) in [5.41, 5.74) is -0.191. The number of alkyl halides is 3. The van der Waals surface area contributed by atoms with E-state index in [1.54, 1.807) is 0 Å². The van der Waals surface area contributed by atoms with E-state index in [9.17, 15) is 13.2 Å². The first-order valence-corrected chi connectivity index (χ1v) is 7.11. The van der Waals surface area contributed by atoms with Crippen molar-refractivity contribution < 1.29 is 17.9 Å². The van der Waals surface area contributed by atoms with E-state index in [0.717, 1.165) is 43.8 Å². The van der Waals surface area contributed by atoms with Gasteiger partial charge in [0.15, 0.2) is 0 Å². The molecule has 0 amide bonds. The molecule has 116 valence electrons. The van der Waals surface area contributed by atoms with E-state index in [-0.39, 0.29) is 6.04 Å². The van der Waals surface area contributed by atoms with E-state index in [1.165, 1.54) is 6.07 Å². The molecule has 1 unspecified atom stereocenters. The number of allylic oxidation sites excluding steroid dienone is 1. The average Bonchev–Trinajstić information content (AvgIpc) is 2.48. The van der Waals surface area contributed by atoms with Crippen LogP contribution in [0.25, 0.3) is 0 Å². The highest BCUT2D eigenvalue weighted by molar-refractivity contribution is 5.24. The summed E-state index contributed by atoms with van der Waals surface area (Å²) in [6.45, 7) is 3.41. The molecule has 0 saturated carbocycles. The van der Waals surface area contributed by atoms with E-state index >= 15 is 0 Å². The van der Waals surface area contributed by atoms with Crippen LogP contribution in [-0.2, 0) is 10.9 Å². The Bertz CT molecular complexity index is 483. The molecule has 6 heteroatoms. The van der Waals surface area contributed by atoms with Crippen LogP contribution in [0.4, 0.5) is 13.2 Å². The molecule has 2 rings (SSSR count). The Labute approximate surface area is 122 Å². The van der Waals surface area contributed by atoms with Crippen molar-refractivity contribution in [3.05, 3.63) is 41.4 Å². The number of hydrogen-bond acceptors (Lipinski definition) is 3. The van der Waals surface area contributed by atoms with Crippen molar-refractivity contribution in [1.82, 2.24) is 10.3 Å². The van der Waals surface area contributed by atoms with Gasteiger partial charge in [-0.1, -0.05) is 6.92 Å². The quantitative estimate of drug-likeness (QED) is 0.897. The van der Waals surface area contributed by atoms with Gasteiger partial charge in [0.2, 0.25) is 0 Å². The van der Waals surface area contributed by atoms with Crippen molar-refractivity contribution in [2.24, 2.45) is 0 Å². The summed E-state index contributed by atoms with van der Waals surface area (Å²) in [6.07, 6.45) is 1.29. The molecular formula is C15H19F3N2O. The normalized spacial score (nSPS) is 17.0. The summed E-state index contributed by atoms with van der Waals surface area (Å²) in [7, 11) is 0. The third-order valence-corrected chi connectivity index (χ3v) is 3.26. The van der Waals surface area contributed by atoms with Crippen LogP contribution >= 0.6 is 0 Å². The smallest absolute Gasteiger partial charge is 0.417 e. The zero-order valence-electron chi connectivity index (χ0n) is 11.9. The van der Waals surface area contributed by atoms with Crippen LogP contribution in [0.5, 0.6) is 0 Å². The molecule has 0 aliphatic carbocycles. The Morgan fingerprint density at radius 1 is 1.38 bits per heavy atom. The van der Waals surface area contributed by atoms with Crippen LogP contribution in [0.15, 0.2) is 30.2 Å². The van der Waals surface area contributed by atoms with E-state index in [0.29, 0.717) is 12.3 Å². The van der Waals surface area contributed by atoms with Gasteiger partial charge in [-0.05, 0) is 44.0 Å². The Hall–Kier alpha value is -1.56. The maximum Gasteiger partial charge on any atom is 0.417 e. The molecule has 2 heterocycles. The van der Waals surface area contributed by atoms with Gasteiger partial charge in [-0.15, -0.1) is 0 Å². The summed E-state index contributed by atoms with van der Waals surface area (Å²) in [5, 5.41) is 3.28. The van der Waals surface area contributed by atoms with Crippen molar-refractivity contribution in [3.8, 4) is 0 Å². The van der Waals surface area contributed by atoms with Gasteiger partial charge >= 0.3 is 6.18 Å². The molecule has 1 aliphatic rings. The number of aromatic nitrogens is 1. The molecule has 3 nitrogen and oxygen atoms in total. The number of pyridine rings is 1.